The van der Waals surface area contributed by atoms with Crippen LogP contribution in [0.2, 0.25) is 0 Å². The number of hydrogen-bond acceptors (Lipinski definition) is 5. The number of nitrogens with one attached hydrogen (secondary N) is 1. The van der Waals surface area contributed by atoms with Crippen LogP contribution in [0.25, 0.3) is 5.82 Å². The number of para-hydroxylation sites is 1. The van der Waals surface area contributed by atoms with E-state index < -0.39 is 5.60 Å². The van der Waals surface area contributed by atoms with Gasteiger partial charge in [-0.2, -0.15) is 9.67 Å². The number of amides is 1. The molecule has 0 saturated carbocycles. The van der Waals surface area contributed by atoms with Crippen LogP contribution in [0.15, 0.2) is 41.3 Å². The molecule has 1 N–H and O–H groups in total. The number of aliphatic imine (C=N–C) groups is 1. The molecular weight excluding hydrogens is 332 g/mol. The second-order valence-corrected chi connectivity index (χ2v) is 6.97. The Balaban J connectivity index is 1.68. The highest BCUT2D eigenvalue weighted by Crippen LogP contribution is 2.36. The van der Waals surface area contributed by atoms with E-state index in [1.165, 1.54) is 0 Å². The molecule has 3 aliphatic rings. The maximum atomic E-state index is 12.8. The molecule has 132 valence electrons. The molecule has 1 fully saturated rings. The van der Waals surface area contributed by atoms with E-state index in [9.17, 15) is 4.79 Å². The molecule has 2 atom stereocenters. The normalized spacial score (nSPS) is 27.2. The number of quaternary nitrogens is 1. The molecule has 0 bridgehead atoms. The minimum Gasteiger partial charge on any atom is -0.369 e. The number of benzene rings is 1. The highest BCUT2D eigenvalue weighted by Gasteiger charge is 2.44. The van der Waals surface area contributed by atoms with Gasteiger partial charge in [0.2, 0.25) is 12.2 Å². The lowest BCUT2D eigenvalue weighted by molar-refractivity contribution is -0.685. The second kappa shape index (κ2) is 5.33. The Bertz CT molecular complexity index is 970. The molecule has 2 aromatic rings. The summed E-state index contributed by atoms with van der Waals surface area (Å²) in [6, 6.07) is 7.61. The zero-order valence-corrected chi connectivity index (χ0v) is 14.6. The van der Waals surface area contributed by atoms with Gasteiger partial charge in [0.1, 0.15) is 11.2 Å². The molecule has 2 unspecified atom stereocenters. The van der Waals surface area contributed by atoms with Crippen molar-refractivity contribution in [2.24, 2.45) is 4.99 Å². The first kappa shape index (κ1) is 15.4. The zero-order chi connectivity index (χ0) is 17.9. The number of ether oxygens (including phenoxy) is 1. The first-order valence-electron chi connectivity index (χ1n) is 8.69. The van der Waals surface area contributed by atoms with E-state index in [4.69, 9.17) is 4.74 Å². The fourth-order valence-electron chi connectivity index (χ4n) is 3.97. The summed E-state index contributed by atoms with van der Waals surface area (Å²) in [4.78, 5) is 20.0. The minimum absolute atomic E-state index is 0.0488. The minimum atomic E-state index is -0.440. The predicted octanol–water partition coefficient (Wildman–Crippen LogP) is 0.731. The first-order valence-corrected chi connectivity index (χ1v) is 8.69. The van der Waals surface area contributed by atoms with E-state index >= 15 is 0 Å². The Morgan fingerprint density at radius 3 is 2.96 bits per heavy atom. The van der Waals surface area contributed by atoms with Crippen molar-refractivity contribution in [3.05, 3.63) is 47.5 Å². The number of carbonyl (C=O) groups is 1. The molecule has 8 nitrogen and oxygen atoms in total. The molecule has 0 aliphatic carbocycles. The number of nitrogens with zero attached hydrogens (tertiary/aromatic N) is 5. The van der Waals surface area contributed by atoms with Crippen LogP contribution in [0.1, 0.15) is 35.8 Å². The van der Waals surface area contributed by atoms with Gasteiger partial charge in [0.25, 0.3) is 11.7 Å². The van der Waals surface area contributed by atoms with Crippen molar-refractivity contribution < 1.29 is 14.4 Å². The van der Waals surface area contributed by atoms with Crippen LogP contribution in [0.5, 0.6) is 0 Å². The van der Waals surface area contributed by atoms with Gasteiger partial charge in [0.15, 0.2) is 5.69 Å². The van der Waals surface area contributed by atoms with Gasteiger partial charge < -0.3 is 4.74 Å². The largest absolute Gasteiger partial charge is 0.369 e. The molecule has 3 aliphatic heterocycles. The molecule has 1 aromatic carbocycles. The predicted molar refractivity (Wildman–Crippen MR) is 93.4 cm³/mol. The van der Waals surface area contributed by atoms with Crippen molar-refractivity contribution >= 4 is 23.8 Å². The summed E-state index contributed by atoms with van der Waals surface area (Å²) in [5.41, 5.74) is 2.00. The van der Waals surface area contributed by atoms with Gasteiger partial charge in [0, 0.05) is 19.7 Å². The van der Waals surface area contributed by atoms with Crippen LogP contribution in [-0.4, -0.2) is 45.8 Å². The summed E-state index contributed by atoms with van der Waals surface area (Å²) in [5, 5.41) is 8.35. The van der Waals surface area contributed by atoms with Crippen LogP contribution in [-0.2, 0) is 10.3 Å². The molecule has 0 radical (unpaired) electrons. The first-order chi connectivity index (χ1) is 12.6. The van der Waals surface area contributed by atoms with E-state index in [0.717, 1.165) is 41.6 Å². The summed E-state index contributed by atoms with van der Waals surface area (Å²) in [7, 11) is 1.77. The van der Waals surface area contributed by atoms with Crippen molar-refractivity contribution in [3.63, 3.8) is 0 Å². The number of fused-ring (bicyclic) bond motifs is 3. The maximum absolute atomic E-state index is 12.8. The highest BCUT2D eigenvalue weighted by atomic mass is 16.5. The highest BCUT2D eigenvalue weighted by molar-refractivity contribution is 6.01. The zero-order valence-electron chi connectivity index (χ0n) is 14.6. The summed E-state index contributed by atoms with van der Waals surface area (Å²) in [5.74, 6) is 1.31. The maximum Gasteiger partial charge on any atom is 0.268 e. The average Bonchev–Trinajstić information content (AvgIpc) is 3.38. The fraction of sp³-hybridized carbons (Fsp3) is 0.333. The van der Waals surface area contributed by atoms with Crippen molar-refractivity contribution in [1.29, 1.82) is 0 Å². The number of carbonyl (C=O) groups excluding carboxylic acids is 1. The van der Waals surface area contributed by atoms with Gasteiger partial charge in [-0.05, 0) is 25.8 Å². The SMILES string of the molecule is CN1C(=O)c2ccccc2[NH+]2C=NC(n3nncc3C3(C)CCCO3)=C12. The Labute approximate surface area is 150 Å². The number of aromatic nitrogens is 3. The molecule has 8 heteroatoms. The second-order valence-electron chi connectivity index (χ2n) is 6.97. The Kier molecular flexibility index (Phi) is 3.16. The standard InChI is InChI=1S/C18H18N6O2/c1-18(8-5-9-26-18)14-10-20-21-24(14)15-16-22(2)17(25)12-6-3-4-7-13(12)23(16)11-19-15/h3-4,6-7,10-11H,5,8-9H2,1-2H3/p+1. The van der Waals surface area contributed by atoms with Crippen LogP contribution >= 0.6 is 0 Å². The molecule has 1 aromatic heterocycles. The lowest BCUT2D eigenvalue weighted by Crippen LogP contribution is -3.06. The quantitative estimate of drug-likeness (QED) is 0.865. The Morgan fingerprint density at radius 2 is 2.15 bits per heavy atom. The summed E-state index contributed by atoms with van der Waals surface area (Å²) in [6.07, 6.45) is 5.43. The van der Waals surface area contributed by atoms with Gasteiger partial charge in [-0.25, -0.2) is 4.90 Å². The van der Waals surface area contributed by atoms with Crippen LogP contribution in [0.3, 0.4) is 0 Å². The smallest absolute Gasteiger partial charge is 0.268 e. The third-order valence-electron chi connectivity index (χ3n) is 5.38. The van der Waals surface area contributed by atoms with E-state index in [2.05, 4.69) is 22.2 Å². The fourth-order valence-corrected chi connectivity index (χ4v) is 3.97. The van der Waals surface area contributed by atoms with Crippen molar-refractivity contribution in [2.75, 3.05) is 13.7 Å². The van der Waals surface area contributed by atoms with Crippen molar-refractivity contribution in [1.82, 2.24) is 19.9 Å². The topological polar surface area (TPSA) is 77.0 Å². The van der Waals surface area contributed by atoms with E-state index in [1.54, 1.807) is 29.2 Å². The van der Waals surface area contributed by atoms with Gasteiger partial charge >= 0.3 is 0 Å². The van der Waals surface area contributed by atoms with E-state index in [0.29, 0.717) is 11.4 Å². The molecule has 26 heavy (non-hydrogen) atoms. The van der Waals surface area contributed by atoms with Crippen molar-refractivity contribution in [2.45, 2.75) is 25.4 Å². The van der Waals surface area contributed by atoms with Crippen molar-refractivity contribution in [3.8, 4) is 0 Å². The molecular formula is C18H19N6O2+. The van der Waals surface area contributed by atoms with Crippen LogP contribution in [0.4, 0.5) is 5.69 Å². The molecule has 4 heterocycles. The summed E-state index contributed by atoms with van der Waals surface area (Å²) < 4.78 is 7.67. The van der Waals surface area contributed by atoms with Crippen LogP contribution in [0, 0.1) is 0 Å². The van der Waals surface area contributed by atoms with Crippen LogP contribution < -0.4 is 4.90 Å². The third kappa shape index (κ3) is 1.96. The number of rotatable bonds is 2. The lowest BCUT2D eigenvalue weighted by atomic mass is 9.99. The molecule has 1 saturated heterocycles. The molecule has 5 rings (SSSR count). The monoisotopic (exact) mass is 351 g/mol. The van der Waals surface area contributed by atoms with Gasteiger partial charge in [0.05, 0.1) is 11.9 Å². The Morgan fingerprint density at radius 1 is 1.31 bits per heavy atom. The van der Waals surface area contributed by atoms with Gasteiger partial charge in [-0.1, -0.05) is 17.3 Å². The summed E-state index contributed by atoms with van der Waals surface area (Å²) in [6.45, 7) is 2.77. The van der Waals surface area contributed by atoms with E-state index in [-0.39, 0.29) is 5.91 Å². The van der Waals surface area contributed by atoms with Gasteiger partial charge in [-0.3, -0.25) is 9.69 Å². The number of hydrogen-bond donors (Lipinski definition) is 1. The lowest BCUT2D eigenvalue weighted by Gasteiger charge is -2.28. The van der Waals surface area contributed by atoms with E-state index in [1.807, 2.05) is 24.3 Å². The molecule has 0 spiro atoms. The van der Waals surface area contributed by atoms with Gasteiger partial charge in [-0.15, -0.1) is 5.10 Å². The third-order valence-corrected chi connectivity index (χ3v) is 5.38. The summed E-state index contributed by atoms with van der Waals surface area (Å²) >= 11 is 0. The Hall–Kier alpha value is -2.84. The average molecular weight is 351 g/mol. The molecule has 1 amide bonds.